The predicted molar refractivity (Wildman–Crippen MR) is 111 cm³/mol. The zero-order chi connectivity index (χ0) is 20.3. The molecule has 7 heteroatoms. The third kappa shape index (κ3) is 4.57. The average molecular weight is 421 g/mol. The highest BCUT2D eigenvalue weighted by atomic mass is 35.5. The summed E-state index contributed by atoms with van der Waals surface area (Å²) in [5, 5.41) is 0.640. The largest absolute Gasteiger partial charge is 0.341 e. The second kappa shape index (κ2) is 8.64. The lowest BCUT2D eigenvalue weighted by Crippen LogP contribution is -2.43. The summed E-state index contributed by atoms with van der Waals surface area (Å²) in [7, 11) is -1.75. The van der Waals surface area contributed by atoms with Gasteiger partial charge in [-0.3, -0.25) is 4.79 Å². The Morgan fingerprint density at radius 3 is 2.32 bits per heavy atom. The Balaban J connectivity index is 1.60. The molecule has 0 saturated carbocycles. The van der Waals surface area contributed by atoms with Crippen molar-refractivity contribution in [3.05, 3.63) is 64.7 Å². The van der Waals surface area contributed by atoms with E-state index in [0.717, 1.165) is 11.1 Å². The summed E-state index contributed by atoms with van der Waals surface area (Å²) in [5.74, 6) is -0.135. The molecule has 0 aromatic heterocycles. The topological polar surface area (TPSA) is 57.7 Å². The van der Waals surface area contributed by atoms with E-state index in [1.54, 1.807) is 36.2 Å². The number of piperidine rings is 1. The maximum atomic E-state index is 12.8. The molecule has 2 aromatic rings. The van der Waals surface area contributed by atoms with Crippen molar-refractivity contribution in [3.8, 4) is 0 Å². The highest BCUT2D eigenvalue weighted by molar-refractivity contribution is 7.89. The van der Waals surface area contributed by atoms with Crippen molar-refractivity contribution in [1.82, 2.24) is 9.21 Å². The van der Waals surface area contributed by atoms with Crippen LogP contribution < -0.4 is 0 Å². The second-order valence-electron chi connectivity index (χ2n) is 7.28. The quantitative estimate of drug-likeness (QED) is 0.740. The van der Waals surface area contributed by atoms with Crippen LogP contribution in [0, 0.1) is 12.8 Å². The molecule has 0 radical (unpaired) electrons. The number of nitrogens with zero attached hydrogens (tertiary/aromatic N) is 2. The summed E-state index contributed by atoms with van der Waals surface area (Å²) in [6, 6.07) is 14.3. The van der Waals surface area contributed by atoms with Gasteiger partial charge in [-0.2, -0.15) is 4.31 Å². The Kier molecular flexibility index (Phi) is 6.43. The van der Waals surface area contributed by atoms with E-state index >= 15 is 0 Å². The summed E-state index contributed by atoms with van der Waals surface area (Å²) in [5.41, 5.74) is 1.92. The van der Waals surface area contributed by atoms with Gasteiger partial charge >= 0.3 is 0 Å². The third-order valence-corrected chi connectivity index (χ3v) is 7.49. The van der Waals surface area contributed by atoms with Crippen molar-refractivity contribution in [2.24, 2.45) is 5.92 Å². The van der Waals surface area contributed by atoms with Crippen LogP contribution in [-0.2, 0) is 21.4 Å². The molecule has 1 heterocycles. The van der Waals surface area contributed by atoms with E-state index in [-0.39, 0.29) is 11.8 Å². The SMILES string of the molecule is Cc1ccc(S(=O)(=O)N2CCC(C(=O)N(C)Cc3ccccc3Cl)CC2)cc1. The zero-order valence-electron chi connectivity index (χ0n) is 16.1. The van der Waals surface area contributed by atoms with Gasteiger partial charge in [0.15, 0.2) is 0 Å². The van der Waals surface area contributed by atoms with E-state index in [0.29, 0.717) is 42.4 Å². The van der Waals surface area contributed by atoms with Crippen molar-refractivity contribution in [2.45, 2.75) is 31.2 Å². The lowest BCUT2D eigenvalue weighted by Gasteiger charge is -2.32. The molecule has 1 aliphatic heterocycles. The maximum absolute atomic E-state index is 12.8. The number of halogens is 1. The van der Waals surface area contributed by atoms with Crippen LogP contribution in [0.5, 0.6) is 0 Å². The van der Waals surface area contributed by atoms with Gasteiger partial charge in [0.1, 0.15) is 0 Å². The number of rotatable bonds is 5. The Hall–Kier alpha value is -1.89. The van der Waals surface area contributed by atoms with Gasteiger partial charge in [0.05, 0.1) is 4.90 Å². The first-order valence-electron chi connectivity index (χ1n) is 9.34. The van der Waals surface area contributed by atoms with Gasteiger partial charge in [-0.05, 0) is 43.5 Å². The molecule has 0 N–H and O–H groups in total. The molecule has 0 atom stereocenters. The van der Waals surface area contributed by atoms with Gasteiger partial charge in [0.2, 0.25) is 15.9 Å². The fraction of sp³-hybridized carbons (Fsp3) is 0.381. The van der Waals surface area contributed by atoms with Gasteiger partial charge in [0, 0.05) is 37.6 Å². The maximum Gasteiger partial charge on any atom is 0.243 e. The van der Waals surface area contributed by atoms with Crippen LogP contribution in [0.1, 0.15) is 24.0 Å². The Morgan fingerprint density at radius 1 is 1.11 bits per heavy atom. The standard InChI is InChI=1S/C21H25ClN2O3S/c1-16-7-9-19(10-8-16)28(26,27)24-13-11-17(12-14-24)21(25)23(2)15-18-5-3-4-6-20(18)22/h3-10,17H,11-15H2,1-2H3. The van der Waals surface area contributed by atoms with E-state index < -0.39 is 10.0 Å². The Bertz CT molecular complexity index is 936. The molecule has 0 spiro atoms. The molecule has 1 fully saturated rings. The molecule has 0 unspecified atom stereocenters. The van der Waals surface area contributed by atoms with Gasteiger partial charge in [0.25, 0.3) is 0 Å². The molecule has 1 saturated heterocycles. The molecule has 5 nitrogen and oxygen atoms in total. The minimum absolute atomic E-state index is 0.0345. The molecule has 150 valence electrons. The Labute approximate surface area is 172 Å². The lowest BCUT2D eigenvalue weighted by atomic mass is 9.96. The highest BCUT2D eigenvalue weighted by Gasteiger charge is 2.33. The Morgan fingerprint density at radius 2 is 1.71 bits per heavy atom. The molecule has 28 heavy (non-hydrogen) atoms. The number of carbonyl (C=O) groups is 1. The molecule has 1 aliphatic rings. The lowest BCUT2D eigenvalue weighted by molar-refractivity contribution is -0.135. The normalized spacial score (nSPS) is 16.1. The summed E-state index contributed by atoms with van der Waals surface area (Å²) in [6.07, 6.45) is 1.05. The molecule has 0 bridgehead atoms. The van der Waals surface area contributed by atoms with Crippen LogP contribution in [0.2, 0.25) is 5.02 Å². The minimum atomic E-state index is -3.51. The number of benzene rings is 2. The monoisotopic (exact) mass is 420 g/mol. The number of sulfonamides is 1. The smallest absolute Gasteiger partial charge is 0.243 e. The number of amides is 1. The molecule has 2 aromatic carbocycles. The average Bonchev–Trinajstić information content (AvgIpc) is 2.69. The third-order valence-electron chi connectivity index (χ3n) is 5.20. The molecule has 0 aliphatic carbocycles. The van der Waals surface area contributed by atoms with Crippen LogP contribution in [0.4, 0.5) is 0 Å². The van der Waals surface area contributed by atoms with E-state index in [1.807, 2.05) is 31.2 Å². The van der Waals surface area contributed by atoms with Gasteiger partial charge in [-0.25, -0.2) is 8.42 Å². The molecular formula is C21H25ClN2O3S. The van der Waals surface area contributed by atoms with Crippen molar-refractivity contribution < 1.29 is 13.2 Å². The molecule has 1 amide bonds. The fourth-order valence-electron chi connectivity index (χ4n) is 3.47. The van der Waals surface area contributed by atoms with Crippen LogP contribution in [0.3, 0.4) is 0 Å². The fourth-order valence-corrected chi connectivity index (χ4v) is 5.14. The number of aryl methyl sites for hydroxylation is 1. The van der Waals surface area contributed by atoms with E-state index in [9.17, 15) is 13.2 Å². The van der Waals surface area contributed by atoms with Gasteiger partial charge in [-0.1, -0.05) is 47.5 Å². The van der Waals surface area contributed by atoms with E-state index in [1.165, 1.54) is 4.31 Å². The first kappa shape index (κ1) is 20.8. The molecular weight excluding hydrogens is 396 g/mol. The van der Waals surface area contributed by atoms with Crippen molar-refractivity contribution in [1.29, 1.82) is 0 Å². The summed E-state index contributed by atoms with van der Waals surface area (Å²) in [6.45, 7) is 3.08. The van der Waals surface area contributed by atoms with E-state index in [2.05, 4.69) is 0 Å². The number of hydrogen-bond acceptors (Lipinski definition) is 3. The number of hydrogen-bond donors (Lipinski definition) is 0. The predicted octanol–water partition coefficient (Wildman–Crippen LogP) is 3.71. The second-order valence-corrected chi connectivity index (χ2v) is 9.62. The van der Waals surface area contributed by atoms with Crippen molar-refractivity contribution >= 4 is 27.5 Å². The summed E-state index contributed by atoms with van der Waals surface area (Å²) in [4.78, 5) is 14.8. The van der Waals surface area contributed by atoms with Crippen molar-refractivity contribution in [2.75, 3.05) is 20.1 Å². The van der Waals surface area contributed by atoms with Gasteiger partial charge < -0.3 is 4.90 Å². The minimum Gasteiger partial charge on any atom is -0.341 e. The van der Waals surface area contributed by atoms with Crippen LogP contribution >= 0.6 is 11.6 Å². The molecule has 3 rings (SSSR count). The first-order valence-corrected chi connectivity index (χ1v) is 11.2. The highest BCUT2D eigenvalue weighted by Crippen LogP contribution is 2.26. The van der Waals surface area contributed by atoms with Crippen LogP contribution in [0.25, 0.3) is 0 Å². The summed E-state index contributed by atoms with van der Waals surface area (Å²) < 4.78 is 27.1. The van der Waals surface area contributed by atoms with Crippen LogP contribution in [-0.4, -0.2) is 43.7 Å². The van der Waals surface area contributed by atoms with E-state index in [4.69, 9.17) is 11.6 Å². The summed E-state index contributed by atoms with van der Waals surface area (Å²) >= 11 is 6.18. The van der Waals surface area contributed by atoms with Gasteiger partial charge in [-0.15, -0.1) is 0 Å². The number of carbonyl (C=O) groups excluding carboxylic acids is 1. The van der Waals surface area contributed by atoms with Crippen molar-refractivity contribution in [3.63, 3.8) is 0 Å². The first-order chi connectivity index (χ1) is 13.3. The zero-order valence-corrected chi connectivity index (χ0v) is 17.7. The van der Waals surface area contributed by atoms with Crippen LogP contribution in [0.15, 0.2) is 53.4 Å².